The summed E-state index contributed by atoms with van der Waals surface area (Å²) in [5, 5.41) is 18.2. The summed E-state index contributed by atoms with van der Waals surface area (Å²) in [4.78, 5) is 0. The Morgan fingerprint density at radius 2 is 1.85 bits per heavy atom. The molecule has 0 amide bonds. The summed E-state index contributed by atoms with van der Waals surface area (Å²) in [5.41, 5.74) is 2.72. The maximum atomic E-state index is 9.09. The molecule has 5 nitrogen and oxygen atoms in total. The van der Waals surface area contributed by atoms with Crippen LogP contribution in [0, 0.1) is 0 Å². The number of phenols is 2. The van der Waals surface area contributed by atoms with E-state index in [0.717, 1.165) is 0 Å². The fourth-order valence-electron chi connectivity index (χ4n) is 0.715. The summed E-state index contributed by atoms with van der Waals surface area (Å²) in [6.45, 7) is 0. The van der Waals surface area contributed by atoms with Gasteiger partial charge in [-0.05, 0) is 0 Å². The fraction of sp³-hybridized carbons (Fsp3) is 0.143. The number of nitrogens with one attached hydrogen (secondary N) is 2. The van der Waals surface area contributed by atoms with Gasteiger partial charge in [0.1, 0.15) is 0 Å². The van der Waals surface area contributed by atoms with Crippen molar-refractivity contribution in [3.05, 3.63) is 18.2 Å². The Hall–Kier alpha value is -0.730. The summed E-state index contributed by atoms with van der Waals surface area (Å²) >= 11 is -0.663. The van der Waals surface area contributed by atoms with Gasteiger partial charge in [0.2, 0.25) is 0 Å². The first-order valence-corrected chi connectivity index (χ1v) is 5.44. The summed E-state index contributed by atoms with van der Waals surface area (Å²) in [6.07, 6.45) is 0. The Balaban J connectivity index is 2.56. The molecular formula is C7H10IN2O3-. The van der Waals surface area contributed by atoms with E-state index in [2.05, 4.69) is 9.06 Å². The van der Waals surface area contributed by atoms with Crippen molar-refractivity contribution in [2.75, 3.05) is 7.05 Å². The zero-order valence-electron chi connectivity index (χ0n) is 6.91. The van der Waals surface area contributed by atoms with E-state index in [-0.39, 0.29) is 11.5 Å². The van der Waals surface area contributed by atoms with Gasteiger partial charge in [-0.2, -0.15) is 0 Å². The molecule has 0 atom stereocenters. The standard InChI is InChI=1S/C7H10IN2O3/c1-9-10-8-13-7-3-5(11)2-6(12)4-7/h2-4,9-12H,1H3/q-1. The molecular weight excluding hydrogens is 287 g/mol. The van der Waals surface area contributed by atoms with Crippen LogP contribution in [0.4, 0.5) is 0 Å². The van der Waals surface area contributed by atoms with Gasteiger partial charge >= 0.3 is 86.7 Å². The number of hydrogen-bond donors (Lipinski definition) is 4. The molecule has 0 unspecified atom stereocenters. The molecule has 0 bridgehead atoms. The predicted molar refractivity (Wildman–Crippen MR) is 42.6 cm³/mol. The molecule has 0 radical (unpaired) electrons. The van der Waals surface area contributed by atoms with Crippen LogP contribution in [0.2, 0.25) is 0 Å². The second-order valence-electron chi connectivity index (χ2n) is 2.18. The van der Waals surface area contributed by atoms with E-state index in [9.17, 15) is 0 Å². The van der Waals surface area contributed by atoms with E-state index >= 15 is 0 Å². The van der Waals surface area contributed by atoms with E-state index in [1.165, 1.54) is 18.2 Å². The molecule has 0 aliphatic heterocycles. The number of benzene rings is 1. The van der Waals surface area contributed by atoms with Gasteiger partial charge in [0.25, 0.3) is 0 Å². The van der Waals surface area contributed by atoms with Gasteiger partial charge in [0.15, 0.2) is 0 Å². The van der Waals surface area contributed by atoms with Gasteiger partial charge in [0, 0.05) is 0 Å². The number of hydrogen-bond acceptors (Lipinski definition) is 5. The van der Waals surface area contributed by atoms with Gasteiger partial charge in [-0.1, -0.05) is 0 Å². The van der Waals surface area contributed by atoms with Crippen molar-refractivity contribution in [3.8, 4) is 17.2 Å². The Morgan fingerprint density at radius 3 is 2.38 bits per heavy atom. The van der Waals surface area contributed by atoms with E-state index < -0.39 is 21.9 Å². The molecule has 0 aliphatic carbocycles. The van der Waals surface area contributed by atoms with Crippen LogP contribution in [0.1, 0.15) is 0 Å². The molecule has 0 saturated heterocycles. The molecule has 6 heteroatoms. The van der Waals surface area contributed by atoms with E-state index in [1.54, 1.807) is 7.05 Å². The molecule has 0 heterocycles. The van der Waals surface area contributed by atoms with Crippen molar-refractivity contribution in [3.63, 3.8) is 0 Å². The van der Waals surface area contributed by atoms with Crippen LogP contribution in [0.25, 0.3) is 0 Å². The van der Waals surface area contributed by atoms with Crippen LogP contribution in [0.3, 0.4) is 0 Å². The first-order valence-electron chi connectivity index (χ1n) is 3.48. The SMILES string of the molecule is CNN[I-]Oc1cc(O)cc(O)c1. The molecule has 1 aromatic rings. The average Bonchev–Trinajstić information content (AvgIpc) is 2.03. The second kappa shape index (κ2) is 5.10. The summed E-state index contributed by atoms with van der Waals surface area (Å²) < 4.78 is 8.03. The zero-order valence-corrected chi connectivity index (χ0v) is 9.07. The Morgan fingerprint density at radius 1 is 1.23 bits per heavy atom. The van der Waals surface area contributed by atoms with Crippen molar-refractivity contribution in [1.82, 2.24) is 9.06 Å². The predicted octanol–water partition coefficient (Wildman–Crippen LogP) is -2.88. The zero-order chi connectivity index (χ0) is 9.68. The molecule has 1 rings (SSSR count). The number of phenolic OH excluding ortho intramolecular Hbond substituents is 2. The molecule has 13 heavy (non-hydrogen) atoms. The van der Waals surface area contributed by atoms with Crippen LogP contribution in [0.15, 0.2) is 18.2 Å². The first-order chi connectivity index (χ1) is 6.22. The van der Waals surface area contributed by atoms with Gasteiger partial charge in [-0.25, -0.2) is 0 Å². The number of hydrazine groups is 1. The average molecular weight is 297 g/mol. The molecule has 0 aliphatic rings. The number of halogens is 1. The van der Waals surface area contributed by atoms with Crippen molar-refractivity contribution >= 4 is 0 Å². The van der Waals surface area contributed by atoms with Gasteiger partial charge in [-0.3, -0.25) is 0 Å². The minimum atomic E-state index is -0.663. The van der Waals surface area contributed by atoms with Gasteiger partial charge in [-0.15, -0.1) is 0 Å². The molecule has 0 aromatic heterocycles. The van der Waals surface area contributed by atoms with Crippen LogP contribution in [0.5, 0.6) is 17.2 Å². The summed E-state index contributed by atoms with van der Waals surface area (Å²) in [6, 6.07) is 4.13. The second-order valence-corrected chi connectivity index (χ2v) is 3.60. The molecule has 0 fully saturated rings. The number of rotatable bonds is 4. The van der Waals surface area contributed by atoms with Crippen LogP contribution in [-0.4, -0.2) is 17.3 Å². The molecule has 74 valence electrons. The summed E-state index contributed by atoms with van der Waals surface area (Å²) in [5.74, 6) is 0.431. The molecule has 4 N–H and O–H groups in total. The van der Waals surface area contributed by atoms with Crippen LogP contribution >= 0.6 is 0 Å². The molecule has 0 spiro atoms. The summed E-state index contributed by atoms with van der Waals surface area (Å²) in [7, 11) is 1.74. The minimum absolute atomic E-state index is 0.0107. The number of aromatic hydroxyl groups is 2. The first kappa shape index (κ1) is 10.4. The Bertz CT molecular complexity index is 262. The van der Waals surface area contributed by atoms with Crippen molar-refractivity contribution in [2.24, 2.45) is 0 Å². The van der Waals surface area contributed by atoms with Crippen molar-refractivity contribution in [2.45, 2.75) is 0 Å². The third kappa shape index (κ3) is 3.66. The van der Waals surface area contributed by atoms with E-state index in [4.69, 9.17) is 13.3 Å². The van der Waals surface area contributed by atoms with Crippen molar-refractivity contribution < 1.29 is 35.2 Å². The van der Waals surface area contributed by atoms with Crippen LogP contribution in [-0.2, 0) is 0 Å². The normalized spacial score (nSPS) is 10.2. The van der Waals surface area contributed by atoms with Gasteiger partial charge < -0.3 is 0 Å². The quantitative estimate of drug-likeness (QED) is 0.208. The topological polar surface area (TPSA) is 73.8 Å². The fourth-order valence-corrected chi connectivity index (χ4v) is 1.55. The Kier molecular flexibility index (Phi) is 4.06. The third-order valence-corrected chi connectivity index (χ3v) is 2.63. The van der Waals surface area contributed by atoms with Crippen LogP contribution < -0.4 is 34.0 Å². The maximum absolute atomic E-state index is 9.09. The molecule has 0 saturated carbocycles. The molecule has 1 aromatic carbocycles. The monoisotopic (exact) mass is 297 g/mol. The third-order valence-electron chi connectivity index (χ3n) is 1.14. The Labute approximate surface area is 86.9 Å². The van der Waals surface area contributed by atoms with E-state index in [0.29, 0.717) is 5.75 Å². The van der Waals surface area contributed by atoms with Gasteiger partial charge in [0.05, 0.1) is 0 Å². The van der Waals surface area contributed by atoms with Crippen molar-refractivity contribution in [1.29, 1.82) is 0 Å². The van der Waals surface area contributed by atoms with E-state index in [1.807, 2.05) is 0 Å².